The van der Waals surface area contributed by atoms with Gasteiger partial charge in [-0.15, -0.1) is 0 Å². The van der Waals surface area contributed by atoms with E-state index < -0.39 is 0 Å². The summed E-state index contributed by atoms with van der Waals surface area (Å²) in [6.07, 6.45) is 3.95. The van der Waals surface area contributed by atoms with Gasteiger partial charge in [0.15, 0.2) is 0 Å². The molecule has 0 amide bonds. The van der Waals surface area contributed by atoms with Crippen molar-refractivity contribution in [2.45, 2.75) is 19.4 Å². The SMILES string of the molecule is C=CCOc1ccccc1CN1CCC(CO)CC1. The van der Waals surface area contributed by atoms with Crippen LogP contribution < -0.4 is 4.74 Å². The van der Waals surface area contributed by atoms with Gasteiger partial charge in [-0.2, -0.15) is 0 Å². The van der Waals surface area contributed by atoms with Crippen LogP contribution in [0.25, 0.3) is 0 Å². The molecule has 1 N–H and O–H groups in total. The van der Waals surface area contributed by atoms with Crippen LogP contribution in [-0.2, 0) is 6.54 Å². The lowest BCUT2D eigenvalue weighted by Gasteiger charge is -2.31. The zero-order valence-electron chi connectivity index (χ0n) is 11.4. The summed E-state index contributed by atoms with van der Waals surface area (Å²) in [5.41, 5.74) is 1.23. The molecule has 1 aromatic carbocycles. The van der Waals surface area contributed by atoms with E-state index >= 15 is 0 Å². The van der Waals surface area contributed by atoms with Crippen LogP contribution in [0.5, 0.6) is 5.75 Å². The number of rotatable bonds is 6. The molecule has 1 heterocycles. The largest absolute Gasteiger partial charge is 0.489 e. The second-order valence-electron chi connectivity index (χ2n) is 5.11. The maximum Gasteiger partial charge on any atom is 0.124 e. The third-order valence-corrected chi connectivity index (χ3v) is 3.69. The first-order chi connectivity index (χ1) is 9.33. The third kappa shape index (κ3) is 4.08. The van der Waals surface area contributed by atoms with Gasteiger partial charge in [0.1, 0.15) is 12.4 Å². The molecule has 1 fully saturated rings. The topological polar surface area (TPSA) is 32.7 Å². The molecule has 0 spiro atoms. The highest BCUT2D eigenvalue weighted by Gasteiger charge is 2.19. The smallest absolute Gasteiger partial charge is 0.124 e. The van der Waals surface area contributed by atoms with Crippen molar-refractivity contribution < 1.29 is 9.84 Å². The molecular weight excluding hydrogens is 238 g/mol. The first kappa shape index (κ1) is 14.1. The molecule has 1 aliphatic rings. The molecule has 3 heteroatoms. The normalized spacial score (nSPS) is 17.3. The fraction of sp³-hybridized carbons (Fsp3) is 0.500. The Morgan fingerprint density at radius 1 is 1.32 bits per heavy atom. The number of piperidine rings is 1. The van der Waals surface area contributed by atoms with Crippen LogP contribution in [-0.4, -0.2) is 36.3 Å². The van der Waals surface area contributed by atoms with Gasteiger partial charge in [-0.1, -0.05) is 30.9 Å². The van der Waals surface area contributed by atoms with Crippen molar-refractivity contribution in [3.8, 4) is 5.75 Å². The zero-order chi connectivity index (χ0) is 13.5. The van der Waals surface area contributed by atoms with Crippen LogP contribution in [0, 0.1) is 5.92 Å². The lowest BCUT2D eigenvalue weighted by atomic mass is 9.97. The van der Waals surface area contributed by atoms with Crippen LogP contribution in [0.4, 0.5) is 0 Å². The molecule has 0 unspecified atom stereocenters. The lowest BCUT2D eigenvalue weighted by Crippen LogP contribution is -2.34. The summed E-state index contributed by atoms with van der Waals surface area (Å²) in [6.45, 7) is 7.59. The number of aliphatic hydroxyl groups excluding tert-OH is 1. The fourth-order valence-corrected chi connectivity index (χ4v) is 2.49. The van der Waals surface area contributed by atoms with Crippen molar-refractivity contribution >= 4 is 0 Å². The molecule has 1 aliphatic heterocycles. The Bertz CT molecular complexity index is 397. The number of aliphatic hydroxyl groups is 1. The number of hydrogen-bond donors (Lipinski definition) is 1. The highest BCUT2D eigenvalue weighted by Crippen LogP contribution is 2.23. The van der Waals surface area contributed by atoms with Crippen LogP contribution in [0.2, 0.25) is 0 Å². The summed E-state index contributed by atoms with van der Waals surface area (Å²) in [5.74, 6) is 1.44. The van der Waals surface area contributed by atoms with Crippen molar-refractivity contribution in [1.29, 1.82) is 0 Å². The second-order valence-corrected chi connectivity index (χ2v) is 5.11. The summed E-state index contributed by atoms with van der Waals surface area (Å²) in [4.78, 5) is 2.43. The molecule has 104 valence electrons. The van der Waals surface area contributed by atoms with E-state index in [-0.39, 0.29) is 0 Å². The summed E-state index contributed by atoms with van der Waals surface area (Å²) in [5, 5.41) is 9.16. The van der Waals surface area contributed by atoms with E-state index in [1.807, 2.05) is 12.1 Å². The Hall–Kier alpha value is -1.32. The molecule has 3 nitrogen and oxygen atoms in total. The molecule has 1 saturated heterocycles. The number of nitrogens with zero attached hydrogens (tertiary/aromatic N) is 1. The number of para-hydroxylation sites is 1. The molecular formula is C16H23NO2. The molecule has 2 rings (SSSR count). The van der Waals surface area contributed by atoms with Gasteiger partial charge in [0.05, 0.1) is 0 Å². The van der Waals surface area contributed by atoms with Crippen molar-refractivity contribution in [1.82, 2.24) is 4.90 Å². The Balaban J connectivity index is 1.93. The van der Waals surface area contributed by atoms with Gasteiger partial charge in [0, 0.05) is 18.7 Å². The van der Waals surface area contributed by atoms with E-state index in [0.717, 1.165) is 38.2 Å². The van der Waals surface area contributed by atoms with E-state index in [1.165, 1.54) is 5.56 Å². The minimum Gasteiger partial charge on any atom is -0.489 e. The first-order valence-electron chi connectivity index (χ1n) is 6.98. The lowest BCUT2D eigenvalue weighted by molar-refractivity contribution is 0.126. The van der Waals surface area contributed by atoms with Gasteiger partial charge >= 0.3 is 0 Å². The van der Waals surface area contributed by atoms with E-state index in [9.17, 15) is 0 Å². The predicted molar refractivity (Wildman–Crippen MR) is 77.2 cm³/mol. The zero-order valence-corrected chi connectivity index (χ0v) is 11.4. The van der Waals surface area contributed by atoms with Gasteiger partial charge in [-0.3, -0.25) is 4.90 Å². The van der Waals surface area contributed by atoms with E-state index in [4.69, 9.17) is 9.84 Å². The summed E-state index contributed by atoms with van der Waals surface area (Å²) in [6, 6.07) is 8.19. The van der Waals surface area contributed by atoms with Gasteiger partial charge in [0.25, 0.3) is 0 Å². The summed E-state index contributed by atoms with van der Waals surface area (Å²) >= 11 is 0. The third-order valence-electron chi connectivity index (χ3n) is 3.69. The Morgan fingerprint density at radius 2 is 2.05 bits per heavy atom. The maximum absolute atomic E-state index is 9.16. The van der Waals surface area contributed by atoms with Crippen LogP contribution in [0.3, 0.4) is 0 Å². The van der Waals surface area contributed by atoms with Crippen molar-refractivity contribution in [2.75, 3.05) is 26.3 Å². The monoisotopic (exact) mass is 261 g/mol. The van der Waals surface area contributed by atoms with Crippen molar-refractivity contribution in [3.05, 3.63) is 42.5 Å². The van der Waals surface area contributed by atoms with Crippen molar-refractivity contribution in [3.63, 3.8) is 0 Å². The van der Waals surface area contributed by atoms with Crippen LogP contribution in [0.1, 0.15) is 18.4 Å². The molecule has 0 radical (unpaired) electrons. The molecule has 19 heavy (non-hydrogen) atoms. The average molecular weight is 261 g/mol. The van der Waals surface area contributed by atoms with Gasteiger partial charge in [-0.25, -0.2) is 0 Å². The predicted octanol–water partition coefficient (Wildman–Crippen LogP) is 2.46. The Morgan fingerprint density at radius 3 is 2.74 bits per heavy atom. The quantitative estimate of drug-likeness (QED) is 0.798. The van der Waals surface area contributed by atoms with Gasteiger partial charge < -0.3 is 9.84 Å². The minimum absolute atomic E-state index is 0.326. The number of likely N-dealkylation sites (tertiary alicyclic amines) is 1. The van der Waals surface area contributed by atoms with Crippen LogP contribution >= 0.6 is 0 Å². The van der Waals surface area contributed by atoms with Gasteiger partial charge in [0.2, 0.25) is 0 Å². The molecule has 0 atom stereocenters. The molecule has 0 aromatic heterocycles. The number of ether oxygens (including phenoxy) is 1. The van der Waals surface area contributed by atoms with Crippen molar-refractivity contribution in [2.24, 2.45) is 5.92 Å². The second kappa shape index (κ2) is 7.31. The Labute approximate surface area is 115 Å². The van der Waals surface area contributed by atoms with Crippen LogP contribution in [0.15, 0.2) is 36.9 Å². The van der Waals surface area contributed by atoms with Gasteiger partial charge in [-0.05, 0) is 37.9 Å². The molecule has 0 aliphatic carbocycles. The summed E-state index contributed by atoms with van der Waals surface area (Å²) in [7, 11) is 0. The van der Waals surface area contributed by atoms with E-state index in [2.05, 4.69) is 23.6 Å². The van der Waals surface area contributed by atoms with E-state index in [0.29, 0.717) is 19.1 Å². The highest BCUT2D eigenvalue weighted by molar-refractivity contribution is 5.33. The molecule has 0 bridgehead atoms. The standard InChI is InChI=1S/C16H23NO2/c1-2-11-19-16-6-4-3-5-15(16)12-17-9-7-14(13-18)8-10-17/h2-6,14,18H,1,7-13H2. The molecule has 0 saturated carbocycles. The first-order valence-corrected chi connectivity index (χ1v) is 6.98. The number of hydrogen-bond acceptors (Lipinski definition) is 3. The molecule has 1 aromatic rings. The maximum atomic E-state index is 9.16. The summed E-state index contributed by atoms with van der Waals surface area (Å²) < 4.78 is 5.69. The van der Waals surface area contributed by atoms with E-state index in [1.54, 1.807) is 6.08 Å². The number of benzene rings is 1. The average Bonchev–Trinajstić information content (AvgIpc) is 2.47. The fourth-order valence-electron chi connectivity index (χ4n) is 2.49. The Kier molecular flexibility index (Phi) is 5.43. The highest BCUT2D eigenvalue weighted by atomic mass is 16.5. The minimum atomic E-state index is 0.326.